The number of carbonyl (C=O) groups is 1. The lowest BCUT2D eigenvalue weighted by Gasteiger charge is -2.30. The van der Waals surface area contributed by atoms with Crippen molar-refractivity contribution in [3.05, 3.63) is 18.2 Å². The molecule has 1 aliphatic rings. The lowest BCUT2D eigenvalue weighted by Crippen LogP contribution is -2.48. The minimum atomic E-state index is -4.90. The van der Waals surface area contributed by atoms with Crippen LogP contribution in [0.1, 0.15) is 32.5 Å². The zero-order chi connectivity index (χ0) is 18.2. The fourth-order valence-electron chi connectivity index (χ4n) is 2.89. The van der Waals surface area contributed by atoms with E-state index in [1.54, 1.807) is 4.90 Å². The van der Waals surface area contributed by atoms with Crippen molar-refractivity contribution in [1.29, 1.82) is 0 Å². The first-order valence-corrected chi connectivity index (χ1v) is 7.76. The highest BCUT2D eigenvalue weighted by atomic mass is 19.4. The van der Waals surface area contributed by atoms with Crippen molar-refractivity contribution in [3.8, 4) is 0 Å². The summed E-state index contributed by atoms with van der Waals surface area (Å²) in [4.78, 5) is 17.2. The monoisotopic (exact) mass is 348 g/mol. The summed E-state index contributed by atoms with van der Waals surface area (Å²) in [6.07, 6.45) is -2.23. The molecule has 0 radical (unpaired) electrons. The number of nitrogens with zero attached hydrogens (tertiary/aromatic N) is 3. The smallest absolute Gasteiger partial charge is 0.374 e. The van der Waals surface area contributed by atoms with E-state index in [1.165, 1.54) is 19.4 Å². The molecule has 0 aromatic carbocycles. The van der Waals surface area contributed by atoms with Gasteiger partial charge in [-0.1, -0.05) is 13.8 Å². The number of nitrogens with one attached hydrogen (secondary N) is 1. The third-order valence-electron chi connectivity index (χ3n) is 4.39. The lowest BCUT2D eigenvalue weighted by molar-refractivity contribution is -0.272. The van der Waals surface area contributed by atoms with Crippen molar-refractivity contribution in [2.24, 2.45) is 12.5 Å². The van der Waals surface area contributed by atoms with Crippen LogP contribution < -0.4 is 5.32 Å². The molecule has 9 heteroatoms. The van der Waals surface area contributed by atoms with Gasteiger partial charge in [0.2, 0.25) is 5.60 Å². The summed E-state index contributed by atoms with van der Waals surface area (Å²) < 4.78 is 41.2. The van der Waals surface area contributed by atoms with Gasteiger partial charge in [0.05, 0.1) is 0 Å². The van der Waals surface area contributed by atoms with Crippen LogP contribution in [0, 0.1) is 5.41 Å². The quantitative estimate of drug-likeness (QED) is 0.874. The molecule has 24 heavy (non-hydrogen) atoms. The predicted molar refractivity (Wildman–Crippen MR) is 81.1 cm³/mol. The first-order valence-electron chi connectivity index (χ1n) is 7.76. The Morgan fingerprint density at radius 2 is 2.12 bits per heavy atom. The van der Waals surface area contributed by atoms with Crippen LogP contribution in [-0.4, -0.2) is 51.4 Å². The highest BCUT2D eigenvalue weighted by Crippen LogP contribution is 2.40. The molecular weight excluding hydrogens is 325 g/mol. The molecule has 0 spiro atoms. The SMILES string of the molecule is Cn1ccnc1C(O)(CCNC(=O)N1CCC(C)(C)C1)C(F)(F)F. The van der Waals surface area contributed by atoms with Crippen LogP contribution in [-0.2, 0) is 12.6 Å². The Hall–Kier alpha value is -1.77. The molecule has 2 heterocycles. The molecule has 1 saturated heterocycles. The van der Waals surface area contributed by atoms with E-state index in [0.717, 1.165) is 11.0 Å². The molecular formula is C15H23F3N4O2. The Kier molecular flexibility index (Phi) is 4.85. The summed E-state index contributed by atoms with van der Waals surface area (Å²) in [6, 6.07) is -0.412. The van der Waals surface area contributed by atoms with E-state index in [-0.39, 0.29) is 12.0 Å². The number of amides is 2. The summed E-state index contributed by atoms with van der Waals surface area (Å²) in [6.45, 7) is 4.88. The van der Waals surface area contributed by atoms with Gasteiger partial charge in [-0.2, -0.15) is 13.2 Å². The van der Waals surface area contributed by atoms with Crippen LogP contribution in [0.5, 0.6) is 0 Å². The van der Waals surface area contributed by atoms with E-state index >= 15 is 0 Å². The number of alkyl halides is 3. The molecule has 2 N–H and O–H groups in total. The molecule has 6 nitrogen and oxygen atoms in total. The van der Waals surface area contributed by atoms with E-state index in [4.69, 9.17) is 0 Å². The number of hydrogen-bond donors (Lipinski definition) is 2. The Labute approximate surface area is 138 Å². The molecule has 2 amide bonds. The van der Waals surface area contributed by atoms with E-state index in [9.17, 15) is 23.1 Å². The average molecular weight is 348 g/mol. The van der Waals surface area contributed by atoms with Crippen molar-refractivity contribution in [2.45, 2.75) is 38.5 Å². The molecule has 2 rings (SSSR count). The second-order valence-corrected chi connectivity index (χ2v) is 7.04. The van der Waals surface area contributed by atoms with Crippen molar-refractivity contribution < 1.29 is 23.1 Å². The van der Waals surface area contributed by atoms with Crippen LogP contribution in [0.25, 0.3) is 0 Å². The van der Waals surface area contributed by atoms with Crippen LogP contribution >= 0.6 is 0 Å². The van der Waals surface area contributed by atoms with Gasteiger partial charge in [0.1, 0.15) is 5.82 Å². The number of halogens is 3. The van der Waals surface area contributed by atoms with Gasteiger partial charge in [-0.3, -0.25) is 0 Å². The standard InChI is InChI=1S/C15H23F3N4O2/c1-13(2)5-8-22(10-13)12(23)20-6-4-14(24,15(16,17)18)11-19-7-9-21(11)3/h7,9,24H,4-6,8,10H2,1-3H3,(H,20,23). The van der Waals surface area contributed by atoms with Crippen molar-refractivity contribution in [2.75, 3.05) is 19.6 Å². The number of aromatic nitrogens is 2. The summed E-state index contributed by atoms with van der Waals surface area (Å²) in [5.41, 5.74) is -3.10. The highest BCUT2D eigenvalue weighted by Gasteiger charge is 2.57. The molecule has 1 unspecified atom stereocenters. The van der Waals surface area contributed by atoms with Crippen molar-refractivity contribution >= 4 is 6.03 Å². The Morgan fingerprint density at radius 1 is 1.46 bits per heavy atom. The zero-order valence-electron chi connectivity index (χ0n) is 14.0. The lowest BCUT2D eigenvalue weighted by atomic mass is 9.93. The first-order chi connectivity index (χ1) is 11.0. The maximum atomic E-state index is 13.3. The predicted octanol–water partition coefficient (Wildman–Crippen LogP) is 2.00. The van der Waals surface area contributed by atoms with E-state index in [1.807, 2.05) is 13.8 Å². The first kappa shape index (κ1) is 18.6. The normalized spacial score (nSPS) is 20.0. The van der Waals surface area contributed by atoms with E-state index < -0.39 is 30.1 Å². The number of urea groups is 1. The number of aryl methyl sites for hydroxylation is 1. The maximum absolute atomic E-state index is 13.3. The summed E-state index contributed by atoms with van der Waals surface area (Å²) in [7, 11) is 1.38. The molecule has 1 aromatic rings. The topological polar surface area (TPSA) is 70.4 Å². The molecule has 1 atom stereocenters. The van der Waals surface area contributed by atoms with Crippen LogP contribution in [0.3, 0.4) is 0 Å². The summed E-state index contributed by atoms with van der Waals surface area (Å²) >= 11 is 0. The van der Waals surface area contributed by atoms with Gasteiger partial charge < -0.3 is 19.9 Å². The van der Waals surface area contributed by atoms with Gasteiger partial charge in [0, 0.05) is 45.5 Å². The summed E-state index contributed by atoms with van der Waals surface area (Å²) in [5.74, 6) is -0.494. The molecule has 1 fully saturated rings. The molecule has 1 aliphatic heterocycles. The number of imidazole rings is 1. The largest absolute Gasteiger partial charge is 0.424 e. The number of hydrogen-bond acceptors (Lipinski definition) is 3. The molecule has 0 saturated carbocycles. The third kappa shape index (κ3) is 3.66. The number of rotatable bonds is 4. The van der Waals surface area contributed by atoms with Gasteiger partial charge in [-0.15, -0.1) is 0 Å². The number of likely N-dealkylation sites (tertiary alicyclic amines) is 1. The Morgan fingerprint density at radius 3 is 2.58 bits per heavy atom. The van der Waals surface area contributed by atoms with Gasteiger partial charge in [-0.25, -0.2) is 9.78 Å². The summed E-state index contributed by atoms with van der Waals surface area (Å²) in [5, 5.41) is 12.6. The molecule has 1 aromatic heterocycles. The van der Waals surface area contributed by atoms with Gasteiger partial charge in [-0.05, 0) is 11.8 Å². The van der Waals surface area contributed by atoms with Gasteiger partial charge in [0.15, 0.2) is 0 Å². The fraction of sp³-hybridized carbons (Fsp3) is 0.733. The van der Waals surface area contributed by atoms with Crippen molar-refractivity contribution in [3.63, 3.8) is 0 Å². The van der Waals surface area contributed by atoms with E-state index in [2.05, 4.69) is 10.3 Å². The Bertz CT molecular complexity index is 600. The van der Waals surface area contributed by atoms with Crippen molar-refractivity contribution in [1.82, 2.24) is 19.8 Å². The van der Waals surface area contributed by atoms with Crippen LogP contribution in [0.4, 0.5) is 18.0 Å². The maximum Gasteiger partial charge on any atom is 0.424 e. The minimum absolute atomic E-state index is 0.0109. The minimum Gasteiger partial charge on any atom is -0.374 e. The zero-order valence-corrected chi connectivity index (χ0v) is 14.0. The second-order valence-electron chi connectivity index (χ2n) is 7.04. The average Bonchev–Trinajstić information content (AvgIpc) is 3.03. The van der Waals surface area contributed by atoms with Crippen LogP contribution in [0.2, 0.25) is 0 Å². The van der Waals surface area contributed by atoms with E-state index in [0.29, 0.717) is 13.1 Å². The number of aliphatic hydroxyl groups is 1. The third-order valence-corrected chi connectivity index (χ3v) is 4.39. The molecule has 136 valence electrons. The Balaban J connectivity index is 2.00. The fourth-order valence-corrected chi connectivity index (χ4v) is 2.89. The molecule has 0 aliphatic carbocycles. The molecule has 0 bridgehead atoms. The van der Waals surface area contributed by atoms with Crippen LogP contribution in [0.15, 0.2) is 12.4 Å². The highest BCUT2D eigenvalue weighted by molar-refractivity contribution is 5.74. The van der Waals surface area contributed by atoms with Gasteiger partial charge >= 0.3 is 12.2 Å². The second kappa shape index (κ2) is 6.27. The van der Waals surface area contributed by atoms with Gasteiger partial charge in [0.25, 0.3) is 0 Å². The number of carbonyl (C=O) groups excluding carboxylic acids is 1.